The molecular formula is C22H30N2O4S. The van der Waals surface area contributed by atoms with E-state index in [1.807, 2.05) is 39.8 Å². The second-order valence-electron chi connectivity index (χ2n) is 8.30. The van der Waals surface area contributed by atoms with E-state index < -0.39 is 14.9 Å². The lowest BCUT2D eigenvalue weighted by Crippen LogP contribution is -2.19. The highest BCUT2D eigenvalue weighted by atomic mass is 32.2. The molecule has 0 spiro atoms. The van der Waals surface area contributed by atoms with Gasteiger partial charge in [0, 0.05) is 6.07 Å². The van der Waals surface area contributed by atoms with Gasteiger partial charge in [-0.25, -0.2) is 8.42 Å². The Bertz CT molecular complexity index is 996. The van der Waals surface area contributed by atoms with E-state index >= 15 is 0 Å². The van der Waals surface area contributed by atoms with E-state index in [4.69, 9.17) is 0 Å². The van der Waals surface area contributed by atoms with E-state index in [0.29, 0.717) is 0 Å². The van der Waals surface area contributed by atoms with Crippen LogP contribution < -0.4 is 4.72 Å². The Hall–Kier alpha value is -2.41. The molecule has 0 heterocycles. The van der Waals surface area contributed by atoms with Crippen LogP contribution in [-0.4, -0.2) is 13.3 Å². The Morgan fingerprint density at radius 1 is 0.931 bits per heavy atom. The van der Waals surface area contributed by atoms with Crippen LogP contribution in [0.3, 0.4) is 0 Å². The second kappa shape index (κ2) is 8.53. The maximum Gasteiger partial charge on any atom is 0.274 e. The van der Waals surface area contributed by atoms with E-state index in [9.17, 15) is 18.5 Å². The molecule has 29 heavy (non-hydrogen) atoms. The summed E-state index contributed by atoms with van der Waals surface area (Å²) in [5.74, 6) is 0.279. The zero-order chi connectivity index (χ0) is 22.1. The first-order valence-corrected chi connectivity index (χ1v) is 11.3. The molecule has 7 heteroatoms. The van der Waals surface area contributed by atoms with E-state index in [-0.39, 0.29) is 39.6 Å². The van der Waals surface area contributed by atoms with Crippen LogP contribution in [-0.2, 0) is 10.0 Å². The summed E-state index contributed by atoms with van der Waals surface area (Å²) in [6.45, 7) is 13.6. The van der Waals surface area contributed by atoms with Crippen LogP contribution in [0.15, 0.2) is 35.2 Å². The number of rotatable bonds is 7. The topological polar surface area (TPSA) is 89.3 Å². The molecule has 0 fully saturated rings. The van der Waals surface area contributed by atoms with Crippen molar-refractivity contribution >= 4 is 21.4 Å². The lowest BCUT2D eigenvalue weighted by Gasteiger charge is -2.23. The molecule has 0 saturated carbocycles. The number of sulfonamides is 1. The summed E-state index contributed by atoms with van der Waals surface area (Å²) in [7, 11) is -3.94. The molecule has 0 atom stereocenters. The highest BCUT2D eigenvalue weighted by molar-refractivity contribution is 7.92. The smallest absolute Gasteiger partial charge is 0.274 e. The maximum atomic E-state index is 13.5. The quantitative estimate of drug-likeness (QED) is 0.436. The first kappa shape index (κ1) is 22.9. The molecule has 0 aromatic heterocycles. The summed E-state index contributed by atoms with van der Waals surface area (Å²) in [6.07, 6.45) is 0. The van der Waals surface area contributed by atoms with Gasteiger partial charge in [0.05, 0.1) is 21.1 Å². The van der Waals surface area contributed by atoms with Gasteiger partial charge in [-0.15, -0.1) is 0 Å². The van der Waals surface area contributed by atoms with Crippen molar-refractivity contribution in [3.05, 3.63) is 62.7 Å². The van der Waals surface area contributed by atoms with Crippen LogP contribution in [0.2, 0.25) is 0 Å². The summed E-state index contributed by atoms with van der Waals surface area (Å²) >= 11 is 0. The van der Waals surface area contributed by atoms with Crippen molar-refractivity contribution in [2.24, 2.45) is 0 Å². The Kier molecular flexibility index (Phi) is 6.73. The highest BCUT2D eigenvalue weighted by Crippen LogP contribution is 2.36. The van der Waals surface area contributed by atoms with E-state index in [1.165, 1.54) is 12.1 Å². The molecule has 0 aliphatic carbocycles. The van der Waals surface area contributed by atoms with Crippen LogP contribution in [0.1, 0.15) is 81.5 Å². The number of nitrogens with one attached hydrogen (secondary N) is 1. The molecule has 0 aliphatic heterocycles. The average Bonchev–Trinajstić information content (AvgIpc) is 2.61. The predicted molar refractivity (Wildman–Crippen MR) is 117 cm³/mol. The zero-order valence-corrected chi connectivity index (χ0v) is 18.9. The average molecular weight is 419 g/mol. The molecule has 0 aliphatic rings. The molecule has 1 N–H and O–H groups in total. The van der Waals surface area contributed by atoms with Gasteiger partial charge >= 0.3 is 0 Å². The molecule has 2 aromatic rings. The predicted octanol–water partition coefficient (Wildman–Crippen LogP) is 6.07. The van der Waals surface area contributed by atoms with Crippen molar-refractivity contribution in [3.63, 3.8) is 0 Å². The van der Waals surface area contributed by atoms with Crippen molar-refractivity contribution in [1.29, 1.82) is 0 Å². The molecule has 2 aromatic carbocycles. The Morgan fingerprint density at radius 3 is 1.86 bits per heavy atom. The Labute approximate surface area is 173 Å². The third-order valence-corrected chi connectivity index (χ3v) is 6.59. The SMILES string of the molecule is Cc1c(NS(=O)(=O)c2c(C(C)C)cc(C(C)C)cc2C(C)C)cccc1[N+](=O)[O-]. The minimum absolute atomic E-state index is 0.00369. The summed E-state index contributed by atoms with van der Waals surface area (Å²) in [4.78, 5) is 11.0. The van der Waals surface area contributed by atoms with Gasteiger partial charge in [-0.2, -0.15) is 0 Å². The van der Waals surface area contributed by atoms with Crippen LogP contribution in [0.5, 0.6) is 0 Å². The first-order valence-electron chi connectivity index (χ1n) is 9.81. The fourth-order valence-corrected chi connectivity index (χ4v) is 5.15. The molecule has 2 rings (SSSR count). The monoisotopic (exact) mass is 418 g/mol. The molecule has 6 nitrogen and oxygen atoms in total. The highest BCUT2D eigenvalue weighted by Gasteiger charge is 2.28. The van der Waals surface area contributed by atoms with Crippen molar-refractivity contribution in [2.75, 3.05) is 4.72 Å². The van der Waals surface area contributed by atoms with Gasteiger partial charge in [0.25, 0.3) is 15.7 Å². The fourth-order valence-electron chi connectivity index (χ4n) is 3.33. The number of nitro benzene ring substituents is 1. The van der Waals surface area contributed by atoms with Gasteiger partial charge in [0.2, 0.25) is 0 Å². The third kappa shape index (κ3) is 4.78. The summed E-state index contributed by atoms with van der Waals surface area (Å²) in [5.41, 5.74) is 3.01. The van der Waals surface area contributed by atoms with Gasteiger partial charge in [-0.05, 0) is 47.4 Å². The second-order valence-corrected chi connectivity index (χ2v) is 9.92. The number of hydrogen-bond donors (Lipinski definition) is 1. The fraction of sp³-hybridized carbons (Fsp3) is 0.455. The molecule has 0 amide bonds. The lowest BCUT2D eigenvalue weighted by atomic mass is 9.89. The zero-order valence-electron chi connectivity index (χ0n) is 18.1. The van der Waals surface area contributed by atoms with Crippen LogP contribution >= 0.6 is 0 Å². The van der Waals surface area contributed by atoms with Gasteiger partial charge < -0.3 is 0 Å². The largest absolute Gasteiger partial charge is 0.279 e. The standard InChI is InChI=1S/C22H30N2O4S/c1-13(2)17-11-18(14(3)4)22(19(12-17)15(5)6)29(27,28)23-20-9-8-10-21(16(20)7)24(25)26/h8-15,23H,1-7H3. The summed E-state index contributed by atoms with van der Waals surface area (Å²) in [6, 6.07) is 8.33. The lowest BCUT2D eigenvalue weighted by molar-refractivity contribution is -0.385. The van der Waals surface area contributed by atoms with E-state index in [2.05, 4.69) is 18.6 Å². The van der Waals surface area contributed by atoms with Gasteiger partial charge in [-0.3, -0.25) is 14.8 Å². The van der Waals surface area contributed by atoms with Crippen molar-refractivity contribution < 1.29 is 13.3 Å². The van der Waals surface area contributed by atoms with Crippen LogP contribution in [0.4, 0.5) is 11.4 Å². The molecular weight excluding hydrogens is 388 g/mol. The van der Waals surface area contributed by atoms with E-state index in [1.54, 1.807) is 13.0 Å². The van der Waals surface area contributed by atoms with Gasteiger partial charge in [0.1, 0.15) is 0 Å². The van der Waals surface area contributed by atoms with Crippen molar-refractivity contribution in [3.8, 4) is 0 Å². The minimum atomic E-state index is -3.94. The first-order chi connectivity index (χ1) is 13.4. The third-order valence-electron chi connectivity index (χ3n) is 5.09. The van der Waals surface area contributed by atoms with Crippen molar-refractivity contribution in [2.45, 2.75) is 71.1 Å². The Balaban J connectivity index is 2.72. The van der Waals surface area contributed by atoms with Gasteiger partial charge in [-0.1, -0.05) is 59.7 Å². The summed E-state index contributed by atoms with van der Waals surface area (Å²) < 4.78 is 29.6. The normalized spacial score (nSPS) is 12.1. The molecule has 0 unspecified atom stereocenters. The molecule has 0 saturated heterocycles. The van der Waals surface area contributed by atoms with Crippen molar-refractivity contribution in [1.82, 2.24) is 0 Å². The molecule has 158 valence electrons. The number of nitrogens with zero attached hydrogens (tertiary/aromatic N) is 1. The summed E-state index contributed by atoms with van der Waals surface area (Å²) in [5, 5.41) is 11.2. The van der Waals surface area contributed by atoms with E-state index in [0.717, 1.165) is 16.7 Å². The van der Waals surface area contributed by atoms with Crippen LogP contribution in [0.25, 0.3) is 0 Å². The number of hydrogen-bond acceptors (Lipinski definition) is 4. The Morgan fingerprint density at radius 2 is 1.45 bits per heavy atom. The van der Waals surface area contributed by atoms with Gasteiger partial charge in [0.15, 0.2) is 0 Å². The number of anilines is 1. The number of benzene rings is 2. The minimum Gasteiger partial charge on any atom is -0.279 e. The molecule has 0 radical (unpaired) electrons. The molecule has 0 bridgehead atoms. The number of nitro groups is 1. The van der Waals surface area contributed by atoms with Crippen LogP contribution in [0, 0.1) is 17.0 Å². The maximum absolute atomic E-state index is 13.5.